The monoisotopic (exact) mass is 424 g/mol. The second-order valence-corrected chi connectivity index (χ2v) is 7.73. The fraction of sp³-hybridized carbons (Fsp3) is 0.208. The number of nitrogens with zero attached hydrogens (tertiary/aromatic N) is 1. The van der Waals surface area contributed by atoms with Crippen LogP contribution >= 0.6 is 11.6 Å². The van der Waals surface area contributed by atoms with Crippen LogP contribution in [0, 0.1) is 5.82 Å². The van der Waals surface area contributed by atoms with Crippen LogP contribution in [-0.4, -0.2) is 18.6 Å². The van der Waals surface area contributed by atoms with Crippen LogP contribution in [0.25, 0.3) is 0 Å². The van der Waals surface area contributed by atoms with Crippen LogP contribution in [0.3, 0.4) is 0 Å². The number of nitrogens with one attached hydrogen (secondary N) is 1. The van der Waals surface area contributed by atoms with Crippen LogP contribution in [0.1, 0.15) is 17.5 Å². The molecule has 1 aliphatic rings. The molecule has 0 fully saturated rings. The molecule has 4 rings (SSSR count). The molecule has 6 heteroatoms. The number of halogens is 2. The van der Waals surface area contributed by atoms with Crippen molar-refractivity contribution >= 4 is 23.2 Å². The zero-order chi connectivity index (χ0) is 20.9. The summed E-state index contributed by atoms with van der Waals surface area (Å²) in [6.45, 7) is 1.42. The zero-order valence-electron chi connectivity index (χ0n) is 16.4. The van der Waals surface area contributed by atoms with Gasteiger partial charge in [-0.25, -0.2) is 4.39 Å². The first-order valence-corrected chi connectivity index (χ1v) is 10.2. The molecule has 0 aromatic heterocycles. The Morgan fingerprint density at radius 3 is 2.50 bits per heavy atom. The van der Waals surface area contributed by atoms with Crippen molar-refractivity contribution in [1.29, 1.82) is 0 Å². The highest BCUT2D eigenvalue weighted by molar-refractivity contribution is 6.30. The van der Waals surface area contributed by atoms with Crippen LogP contribution in [0.4, 0.5) is 10.1 Å². The molecule has 0 saturated heterocycles. The number of anilines is 1. The van der Waals surface area contributed by atoms with Crippen molar-refractivity contribution in [2.45, 2.75) is 25.6 Å². The van der Waals surface area contributed by atoms with Crippen LogP contribution < -0.4 is 15.0 Å². The Hall–Kier alpha value is -3.05. The fourth-order valence-corrected chi connectivity index (χ4v) is 3.67. The number of hydrogen-bond donors (Lipinski definition) is 1. The lowest BCUT2D eigenvalue weighted by Crippen LogP contribution is -2.45. The van der Waals surface area contributed by atoms with Crippen molar-refractivity contribution in [1.82, 2.24) is 5.32 Å². The van der Waals surface area contributed by atoms with Crippen LogP contribution in [-0.2, 0) is 17.9 Å². The fourth-order valence-electron chi connectivity index (χ4n) is 3.55. The summed E-state index contributed by atoms with van der Waals surface area (Å²) < 4.78 is 19.2. The van der Waals surface area contributed by atoms with Crippen molar-refractivity contribution in [2.24, 2.45) is 0 Å². The lowest BCUT2D eigenvalue weighted by molar-refractivity contribution is -0.121. The molecule has 30 heavy (non-hydrogen) atoms. The molecule has 3 aromatic rings. The minimum Gasteiger partial charge on any atom is -0.489 e. The van der Waals surface area contributed by atoms with E-state index < -0.39 is 0 Å². The Bertz CT molecular complexity index is 1010. The molecular weight excluding hydrogens is 403 g/mol. The third kappa shape index (κ3) is 4.92. The summed E-state index contributed by atoms with van der Waals surface area (Å²) in [6, 6.07) is 21.5. The normalized spacial score (nSPS) is 15.3. The van der Waals surface area contributed by atoms with Crippen molar-refractivity contribution in [3.05, 3.63) is 94.8 Å². The number of hydrogen-bond acceptors (Lipinski definition) is 3. The van der Waals surface area contributed by atoms with Gasteiger partial charge in [0, 0.05) is 18.1 Å². The molecule has 1 amide bonds. The minimum absolute atomic E-state index is 0.0537. The summed E-state index contributed by atoms with van der Waals surface area (Å²) in [4.78, 5) is 14.8. The Kier molecular flexibility index (Phi) is 6.19. The first-order chi connectivity index (χ1) is 14.6. The maximum Gasteiger partial charge on any atom is 0.222 e. The summed E-state index contributed by atoms with van der Waals surface area (Å²) >= 11 is 5.91. The summed E-state index contributed by atoms with van der Waals surface area (Å²) in [6.07, 6.45) is 0.295. The summed E-state index contributed by atoms with van der Waals surface area (Å²) in [7, 11) is 0. The van der Waals surface area contributed by atoms with Crippen LogP contribution in [0.2, 0.25) is 5.02 Å². The SMILES string of the molecule is O=C(C[C@H]1COc2ccccc2N1Cc1ccc(F)cc1)NCc1ccc(Cl)cc1. The highest BCUT2D eigenvalue weighted by atomic mass is 35.5. The minimum atomic E-state index is -0.265. The number of fused-ring (bicyclic) bond motifs is 1. The smallest absolute Gasteiger partial charge is 0.222 e. The van der Waals surface area contributed by atoms with E-state index in [1.165, 1.54) is 12.1 Å². The van der Waals surface area contributed by atoms with Crippen LogP contribution in [0.15, 0.2) is 72.8 Å². The van der Waals surface area contributed by atoms with E-state index in [4.69, 9.17) is 16.3 Å². The van der Waals surface area contributed by atoms with E-state index in [9.17, 15) is 9.18 Å². The van der Waals surface area contributed by atoms with Crippen molar-refractivity contribution in [3.8, 4) is 5.75 Å². The van der Waals surface area contributed by atoms with E-state index in [0.717, 1.165) is 22.6 Å². The van der Waals surface area contributed by atoms with E-state index >= 15 is 0 Å². The first-order valence-electron chi connectivity index (χ1n) is 9.82. The molecule has 1 atom stereocenters. The predicted molar refractivity (Wildman–Crippen MR) is 116 cm³/mol. The maximum absolute atomic E-state index is 13.3. The van der Waals surface area contributed by atoms with Gasteiger partial charge >= 0.3 is 0 Å². The standard InChI is InChI=1S/C24H22ClFN2O2/c25-19-9-5-17(6-10-19)14-27-24(29)13-21-16-30-23-4-2-1-3-22(23)28(21)15-18-7-11-20(26)12-8-18/h1-12,21H,13-16H2,(H,27,29)/t21-/m0/s1. The third-order valence-corrected chi connectivity index (χ3v) is 5.39. The molecule has 1 N–H and O–H groups in total. The third-order valence-electron chi connectivity index (χ3n) is 5.14. The molecule has 0 aliphatic carbocycles. The van der Waals surface area contributed by atoms with Gasteiger partial charge in [-0.2, -0.15) is 0 Å². The number of carbonyl (C=O) groups excluding carboxylic acids is 1. The van der Waals surface area contributed by atoms with Crippen LogP contribution in [0.5, 0.6) is 5.75 Å². The zero-order valence-corrected chi connectivity index (χ0v) is 17.1. The highest BCUT2D eigenvalue weighted by Crippen LogP contribution is 2.35. The molecular formula is C24H22ClFN2O2. The van der Waals surface area contributed by atoms with Gasteiger partial charge in [-0.05, 0) is 47.5 Å². The Morgan fingerprint density at radius 2 is 1.73 bits per heavy atom. The van der Waals surface area contributed by atoms with E-state index in [1.807, 2.05) is 36.4 Å². The van der Waals surface area contributed by atoms with Gasteiger partial charge in [0.05, 0.1) is 18.2 Å². The van der Waals surface area contributed by atoms with Gasteiger partial charge in [-0.15, -0.1) is 0 Å². The van der Waals surface area contributed by atoms with Gasteiger partial charge in [0.1, 0.15) is 18.2 Å². The maximum atomic E-state index is 13.3. The second kappa shape index (κ2) is 9.18. The number of rotatable bonds is 6. The average molecular weight is 425 g/mol. The Labute approximate surface area is 180 Å². The van der Waals surface area contributed by atoms with Gasteiger partial charge in [0.2, 0.25) is 5.91 Å². The van der Waals surface area contributed by atoms with Gasteiger partial charge in [-0.3, -0.25) is 4.79 Å². The number of ether oxygens (including phenoxy) is 1. The molecule has 0 saturated carbocycles. The summed E-state index contributed by atoms with van der Waals surface area (Å²) in [5.74, 6) is 0.471. The average Bonchev–Trinajstić information content (AvgIpc) is 2.76. The molecule has 3 aromatic carbocycles. The van der Waals surface area contributed by atoms with Gasteiger partial charge in [-0.1, -0.05) is 48.0 Å². The van der Waals surface area contributed by atoms with Gasteiger partial charge in [0.25, 0.3) is 0 Å². The molecule has 0 spiro atoms. The molecule has 0 bridgehead atoms. The lowest BCUT2D eigenvalue weighted by atomic mass is 10.1. The Balaban J connectivity index is 1.46. The number of carbonyl (C=O) groups is 1. The number of amides is 1. The Morgan fingerprint density at radius 1 is 1.03 bits per heavy atom. The van der Waals surface area contributed by atoms with Crippen molar-refractivity contribution in [3.63, 3.8) is 0 Å². The molecule has 0 radical (unpaired) electrons. The van der Waals surface area contributed by atoms with E-state index in [0.29, 0.717) is 31.1 Å². The van der Waals surface area contributed by atoms with E-state index in [-0.39, 0.29) is 17.8 Å². The summed E-state index contributed by atoms with van der Waals surface area (Å²) in [5, 5.41) is 3.63. The molecule has 1 aliphatic heterocycles. The van der Waals surface area contributed by atoms with Crippen molar-refractivity contribution in [2.75, 3.05) is 11.5 Å². The molecule has 1 heterocycles. The van der Waals surface area contributed by atoms with Gasteiger partial charge in [0.15, 0.2) is 0 Å². The first kappa shape index (κ1) is 20.2. The molecule has 0 unspecified atom stereocenters. The summed E-state index contributed by atoms with van der Waals surface area (Å²) in [5.41, 5.74) is 2.89. The predicted octanol–water partition coefficient (Wildman–Crippen LogP) is 4.95. The second-order valence-electron chi connectivity index (χ2n) is 7.29. The molecule has 154 valence electrons. The molecule has 4 nitrogen and oxygen atoms in total. The topological polar surface area (TPSA) is 41.6 Å². The highest BCUT2D eigenvalue weighted by Gasteiger charge is 2.29. The largest absolute Gasteiger partial charge is 0.489 e. The number of para-hydroxylation sites is 2. The quantitative estimate of drug-likeness (QED) is 0.608. The number of benzene rings is 3. The van der Waals surface area contributed by atoms with E-state index in [1.54, 1.807) is 24.3 Å². The van der Waals surface area contributed by atoms with E-state index in [2.05, 4.69) is 10.2 Å². The lowest BCUT2D eigenvalue weighted by Gasteiger charge is -2.38. The van der Waals surface area contributed by atoms with Crippen molar-refractivity contribution < 1.29 is 13.9 Å². The van der Waals surface area contributed by atoms with Gasteiger partial charge < -0.3 is 15.0 Å².